The number of aromatic amines is 1. The quantitative estimate of drug-likeness (QED) is 0.867. The topological polar surface area (TPSA) is 54.9 Å². The Morgan fingerprint density at radius 1 is 1.26 bits per heavy atom. The van der Waals surface area contributed by atoms with E-state index in [1.54, 1.807) is 0 Å². The molecule has 0 aliphatic carbocycles. The maximum Gasteiger partial charge on any atom is 0.328 e. The molecule has 0 bridgehead atoms. The molecule has 1 N–H and O–H groups in total. The van der Waals surface area contributed by atoms with Gasteiger partial charge in [0.05, 0.1) is 0 Å². The Morgan fingerprint density at radius 3 is 2.58 bits per heavy atom. The lowest BCUT2D eigenvalue weighted by Gasteiger charge is -2.15. The molecule has 2 rings (SSSR count). The van der Waals surface area contributed by atoms with E-state index in [9.17, 15) is 9.59 Å². The van der Waals surface area contributed by atoms with Crippen molar-refractivity contribution in [2.75, 3.05) is 5.33 Å². The summed E-state index contributed by atoms with van der Waals surface area (Å²) >= 11 is 9.19. The molecule has 1 heterocycles. The average Bonchev–Trinajstić information content (AvgIpc) is 2.42. The predicted octanol–water partition coefficient (Wildman–Crippen LogP) is 2.37. The van der Waals surface area contributed by atoms with Crippen molar-refractivity contribution in [1.82, 2.24) is 9.55 Å². The van der Waals surface area contributed by atoms with E-state index in [0.717, 1.165) is 5.56 Å². The van der Waals surface area contributed by atoms with Gasteiger partial charge in [-0.05, 0) is 5.56 Å². The Labute approximate surface area is 123 Å². The Morgan fingerprint density at radius 2 is 1.95 bits per heavy atom. The Balaban J connectivity index is 2.32. The number of halogens is 2. The molecule has 4 nitrogen and oxygen atoms in total. The monoisotopic (exact) mass is 342 g/mol. The van der Waals surface area contributed by atoms with Crippen molar-refractivity contribution in [3.8, 4) is 0 Å². The minimum absolute atomic E-state index is 0.0148. The van der Waals surface area contributed by atoms with Gasteiger partial charge in [-0.2, -0.15) is 0 Å². The summed E-state index contributed by atoms with van der Waals surface area (Å²) in [5.41, 5.74) is 0.114. The van der Waals surface area contributed by atoms with Gasteiger partial charge in [0.25, 0.3) is 5.56 Å². The van der Waals surface area contributed by atoms with E-state index >= 15 is 0 Å². The van der Waals surface area contributed by atoms with Gasteiger partial charge in [0.15, 0.2) is 0 Å². The number of nitrogens with one attached hydrogen (secondary N) is 1. The fourth-order valence-electron chi connectivity index (χ4n) is 1.82. The number of aromatic nitrogens is 2. The number of benzene rings is 1. The second kappa shape index (κ2) is 6.21. The number of hydrogen-bond acceptors (Lipinski definition) is 2. The Kier molecular flexibility index (Phi) is 4.61. The fourth-order valence-corrected chi connectivity index (χ4v) is 2.57. The van der Waals surface area contributed by atoms with Crippen LogP contribution in [-0.2, 0) is 6.54 Å². The van der Waals surface area contributed by atoms with Crippen LogP contribution in [0.1, 0.15) is 11.5 Å². The Hall–Kier alpha value is -1.33. The molecule has 0 amide bonds. The van der Waals surface area contributed by atoms with Crippen LogP contribution in [0.15, 0.2) is 46.1 Å². The van der Waals surface area contributed by atoms with Crippen LogP contribution < -0.4 is 11.2 Å². The van der Waals surface area contributed by atoms with E-state index < -0.39 is 11.2 Å². The summed E-state index contributed by atoms with van der Waals surface area (Å²) in [6, 6.07) is 9.85. The molecule has 0 radical (unpaired) electrons. The van der Waals surface area contributed by atoms with Gasteiger partial charge < -0.3 is 0 Å². The van der Waals surface area contributed by atoms with E-state index in [0.29, 0.717) is 11.9 Å². The number of hydrogen-bond donors (Lipinski definition) is 1. The minimum atomic E-state index is -0.557. The highest BCUT2D eigenvalue weighted by Crippen LogP contribution is 2.19. The summed E-state index contributed by atoms with van der Waals surface area (Å²) in [5.74, 6) is 0.126. The van der Waals surface area contributed by atoms with Gasteiger partial charge in [0.2, 0.25) is 0 Å². The molecular weight excluding hydrogens is 332 g/mol. The summed E-state index contributed by atoms with van der Waals surface area (Å²) < 4.78 is 1.42. The predicted molar refractivity (Wildman–Crippen MR) is 79.3 cm³/mol. The van der Waals surface area contributed by atoms with E-state index in [-0.39, 0.29) is 10.9 Å². The van der Waals surface area contributed by atoms with Crippen LogP contribution >= 0.6 is 27.5 Å². The third kappa shape index (κ3) is 3.36. The lowest BCUT2D eigenvalue weighted by atomic mass is 10.0. The first kappa shape index (κ1) is 14.1. The molecule has 19 heavy (non-hydrogen) atoms. The number of rotatable bonds is 4. The van der Waals surface area contributed by atoms with Crippen molar-refractivity contribution < 1.29 is 0 Å². The van der Waals surface area contributed by atoms with Gasteiger partial charge in [-0.3, -0.25) is 14.3 Å². The molecular formula is C13H12BrClN2O2. The van der Waals surface area contributed by atoms with E-state index in [1.807, 2.05) is 30.3 Å². The molecule has 100 valence electrons. The van der Waals surface area contributed by atoms with Gasteiger partial charge in [-0.1, -0.05) is 57.9 Å². The maximum absolute atomic E-state index is 11.7. The molecule has 0 saturated heterocycles. The summed E-state index contributed by atoms with van der Waals surface area (Å²) in [5, 5.41) is 0.723. The largest absolute Gasteiger partial charge is 0.328 e. The Bertz CT molecular complexity index is 666. The van der Waals surface area contributed by atoms with Crippen molar-refractivity contribution in [2.24, 2.45) is 0 Å². The van der Waals surface area contributed by atoms with Gasteiger partial charge in [-0.15, -0.1) is 0 Å². The summed E-state index contributed by atoms with van der Waals surface area (Å²) in [7, 11) is 0. The van der Waals surface area contributed by atoms with Crippen LogP contribution in [0.4, 0.5) is 0 Å². The summed E-state index contributed by atoms with van der Waals surface area (Å²) in [6.45, 7) is 0.449. The van der Waals surface area contributed by atoms with Crippen LogP contribution in [0.5, 0.6) is 0 Å². The third-order valence-corrected chi connectivity index (χ3v) is 3.89. The SMILES string of the molecule is O=c1[nH]c(=O)n(CC(CBr)c2ccccc2)cc1Cl. The van der Waals surface area contributed by atoms with E-state index in [2.05, 4.69) is 20.9 Å². The molecule has 1 unspecified atom stereocenters. The molecule has 0 aliphatic rings. The summed E-state index contributed by atoms with van der Waals surface area (Å²) in [4.78, 5) is 25.1. The zero-order valence-electron chi connectivity index (χ0n) is 9.98. The smallest absolute Gasteiger partial charge is 0.298 e. The standard InChI is InChI=1S/C13H12BrClN2O2/c14-6-10(9-4-2-1-3-5-9)7-17-8-11(15)12(18)16-13(17)19/h1-5,8,10H,6-7H2,(H,16,18,19). The first-order valence-corrected chi connectivity index (χ1v) is 7.22. The molecule has 6 heteroatoms. The maximum atomic E-state index is 11.7. The lowest BCUT2D eigenvalue weighted by molar-refractivity contribution is 0.574. The van der Waals surface area contributed by atoms with Crippen molar-refractivity contribution in [3.05, 3.63) is 68.0 Å². The normalized spacial score (nSPS) is 12.3. The van der Waals surface area contributed by atoms with Gasteiger partial charge >= 0.3 is 5.69 Å². The van der Waals surface area contributed by atoms with Crippen molar-refractivity contribution in [2.45, 2.75) is 12.5 Å². The zero-order chi connectivity index (χ0) is 13.8. The summed E-state index contributed by atoms with van der Waals surface area (Å²) in [6.07, 6.45) is 1.38. The number of nitrogens with zero attached hydrogens (tertiary/aromatic N) is 1. The lowest BCUT2D eigenvalue weighted by Crippen LogP contribution is -2.31. The van der Waals surface area contributed by atoms with Crippen LogP contribution in [-0.4, -0.2) is 14.9 Å². The van der Waals surface area contributed by atoms with Crippen molar-refractivity contribution in [3.63, 3.8) is 0 Å². The minimum Gasteiger partial charge on any atom is -0.298 e. The van der Waals surface area contributed by atoms with E-state index in [1.165, 1.54) is 10.8 Å². The molecule has 1 aromatic heterocycles. The van der Waals surface area contributed by atoms with Crippen LogP contribution in [0.3, 0.4) is 0 Å². The van der Waals surface area contributed by atoms with Gasteiger partial charge in [0, 0.05) is 24.0 Å². The van der Waals surface area contributed by atoms with Gasteiger partial charge in [-0.25, -0.2) is 4.79 Å². The number of H-pyrrole nitrogens is 1. The van der Waals surface area contributed by atoms with Crippen molar-refractivity contribution in [1.29, 1.82) is 0 Å². The third-order valence-electron chi connectivity index (χ3n) is 2.84. The fraction of sp³-hybridized carbons (Fsp3) is 0.231. The second-order valence-electron chi connectivity index (χ2n) is 4.15. The molecule has 1 atom stereocenters. The first-order valence-electron chi connectivity index (χ1n) is 5.72. The van der Waals surface area contributed by atoms with Crippen LogP contribution in [0.2, 0.25) is 5.02 Å². The van der Waals surface area contributed by atoms with Crippen LogP contribution in [0, 0.1) is 0 Å². The molecule has 2 aromatic rings. The second-order valence-corrected chi connectivity index (χ2v) is 5.21. The average molecular weight is 344 g/mol. The highest BCUT2D eigenvalue weighted by atomic mass is 79.9. The molecule has 0 saturated carbocycles. The van der Waals surface area contributed by atoms with Gasteiger partial charge in [0.1, 0.15) is 5.02 Å². The highest BCUT2D eigenvalue weighted by molar-refractivity contribution is 9.09. The first-order chi connectivity index (χ1) is 9.11. The van der Waals surface area contributed by atoms with Crippen LogP contribution in [0.25, 0.3) is 0 Å². The zero-order valence-corrected chi connectivity index (χ0v) is 12.3. The number of alkyl halides is 1. The highest BCUT2D eigenvalue weighted by Gasteiger charge is 2.12. The van der Waals surface area contributed by atoms with E-state index in [4.69, 9.17) is 11.6 Å². The van der Waals surface area contributed by atoms with Crippen molar-refractivity contribution >= 4 is 27.5 Å². The molecule has 0 spiro atoms. The molecule has 0 fully saturated rings. The molecule has 0 aliphatic heterocycles. The molecule has 1 aromatic carbocycles.